The average Bonchev–Trinajstić information content (AvgIpc) is 2.96. The van der Waals surface area contributed by atoms with E-state index in [1.807, 2.05) is 6.07 Å². The first kappa shape index (κ1) is 15.1. The Bertz CT molecular complexity index is 441. The molecule has 112 valence electrons. The van der Waals surface area contributed by atoms with Crippen molar-refractivity contribution in [3.63, 3.8) is 0 Å². The molecule has 20 heavy (non-hydrogen) atoms. The first-order chi connectivity index (χ1) is 9.65. The molecular weight excluding hydrogens is 258 g/mol. The van der Waals surface area contributed by atoms with Crippen LogP contribution in [0, 0.1) is 0 Å². The molecule has 0 aliphatic carbocycles. The van der Waals surface area contributed by atoms with E-state index < -0.39 is 5.97 Å². The number of carbonyl (C=O) groups excluding carboxylic acids is 1. The minimum absolute atomic E-state index is 0.136. The Morgan fingerprint density at radius 1 is 1.55 bits per heavy atom. The summed E-state index contributed by atoms with van der Waals surface area (Å²) in [5, 5.41) is 0. The summed E-state index contributed by atoms with van der Waals surface area (Å²) in [7, 11) is 1.35. The van der Waals surface area contributed by atoms with Crippen LogP contribution in [0.3, 0.4) is 0 Å². The summed E-state index contributed by atoms with van der Waals surface area (Å²) < 4.78 is 16.0. The van der Waals surface area contributed by atoms with E-state index in [2.05, 4.69) is 23.5 Å². The number of ether oxygens (including phenoxy) is 2. The minimum atomic E-state index is -0.436. The van der Waals surface area contributed by atoms with Crippen molar-refractivity contribution in [2.24, 2.45) is 0 Å². The Hall–Kier alpha value is -1.33. The summed E-state index contributed by atoms with van der Waals surface area (Å²) in [6, 6.07) is 3.65. The highest BCUT2D eigenvalue weighted by atomic mass is 16.5. The summed E-state index contributed by atoms with van der Waals surface area (Å²) >= 11 is 0. The quantitative estimate of drug-likeness (QED) is 0.777. The van der Waals surface area contributed by atoms with Gasteiger partial charge in [0.1, 0.15) is 5.76 Å². The van der Waals surface area contributed by atoms with Crippen LogP contribution in [0.2, 0.25) is 0 Å². The van der Waals surface area contributed by atoms with Crippen LogP contribution in [-0.4, -0.2) is 43.8 Å². The van der Waals surface area contributed by atoms with Gasteiger partial charge in [-0.3, -0.25) is 4.90 Å². The molecule has 0 saturated carbocycles. The minimum Gasteiger partial charge on any atom is -0.463 e. The van der Waals surface area contributed by atoms with Crippen LogP contribution < -0.4 is 0 Å². The van der Waals surface area contributed by atoms with E-state index in [0.717, 1.165) is 38.3 Å². The lowest BCUT2D eigenvalue weighted by atomic mass is 10.1. The van der Waals surface area contributed by atoms with E-state index in [4.69, 9.17) is 9.15 Å². The van der Waals surface area contributed by atoms with Gasteiger partial charge < -0.3 is 13.9 Å². The van der Waals surface area contributed by atoms with Crippen LogP contribution in [0.4, 0.5) is 0 Å². The number of hydrogen-bond acceptors (Lipinski definition) is 5. The maximum atomic E-state index is 11.4. The molecule has 2 atom stereocenters. The maximum Gasteiger partial charge on any atom is 0.373 e. The molecule has 1 aliphatic heterocycles. The van der Waals surface area contributed by atoms with Gasteiger partial charge in [-0.25, -0.2) is 4.79 Å². The number of hydrogen-bond donors (Lipinski definition) is 0. The number of nitrogens with zero attached hydrogens (tertiary/aromatic N) is 1. The standard InChI is InChI=1S/C15H23NO4/c1-4-5-12-10-16(8-9-19-12)11(2)13-6-7-14(20-13)15(17)18-3/h6-7,11-12H,4-5,8-10H2,1-3H3/t11-,12-/m1/s1. The van der Waals surface area contributed by atoms with Crippen LogP contribution in [0.1, 0.15) is 49.0 Å². The lowest BCUT2D eigenvalue weighted by Crippen LogP contribution is -2.43. The largest absolute Gasteiger partial charge is 0.463 e. The van der Waals surface area contributed by atoms with Crippen molar-refractivity contribution in [3.8, 4) is 0 Å². The van der Waals surface area contributed by atoms with E-state index in [1.54, 1.807) is 6.07 Å². The lowest BCUT2D eigenvalue weighted by molar-refractivity contribution is -0.0474. The van der Waals surface area contributed by atoms with Crippen molar-refractivity contribution in [2.75, 3.05) is 26.8 Å². The van der Waals surface area contributed by atoms with Crippen LogP contribution in [0.5, 0.6) is 0 Å². The monoisotopic (exact) mass is 281 g/mol. The van der Waals surface area contributed by atoms with Gasteiger partial charge in [-0.15, -0.1) is 0 Å². The van der Waals surface area contributed by atoms with E-state index in [-0.39, 0.29) is 11.8 Å². The second-order valence-corrected chi connectivity index (χ2v) is 5.15. The van der Waals surface area contributed by atoms with Gasteiger partial charge in [-0.2, -0.15) is 0 Å². The summed E-state index contributed by atoms with van der Waals surface area (Å²) in [5.74, 6) is 0.615. The molecule has 2 heterocycles. The van der Waals surface area contributed by atoms with Gasteiger partial charge >= 0.3 is 5.97 Å². The molecule has 0 radical (unpaired) electrons. The SMILES string of the molecule is CCC[C@@H]1CN([C@H](C)c2ccc(C(=O)OC)o2)CCO1. The zero-order valence-corrected chi connectivity index (χ0v) is 12.4. The Kier molecular flexibility index (Phi) is 5.20. The smallest absolute Gasteiger partial charge is 0.373 e. The van der Waals surface area contributed by atoms with Crippen molar-refractivity contribution in [1.29, 1.82) is 0 Å². The molecule has 2 rings (SSSR count). The Morgan fingerprint density at radius 3 is 3.05 bits per heavy atom. The van der Waals surface area contributed by atoms with E-state index in [1.165, 1.54) is 7.11 Å². The summed E-state index contributed by atoms with van der Waals surface area (Å²) in [6.45, 7) is 6.80. The molecule has 5 heteroatoms. The zero-order chi connectivity index (χ0) is 14.5. The second-order valence-electron chi connectivity index (χ2n) is 5.15. The first-order valence-corrected chi connectivity index (χ1v) is 7.19. The molecule has 1 aromatic rings. The van der Waals surface area contributed by atoms with Crippen molar-refractivity contribution >= 4 is 5.97 Å². The van der Waals surface area contributed by atoms with Crippen LogP contribution >= 0.6 is 0 Å². The Morgan fingerprint density at radius 2 is 2.35 bits per heavy atom. The fourth-order valence-corrected chi connectivity index (χ4v) is 2.56. The highest BCUT2D eigenvalue weighted by molar-refractivity contribution is 5.86. The Balaban J connectivity index is 2.01. The topological polar surface area (TPSA) is 51.9 Å². The molecular formula is C15H23NO4. The molecule has 0 amide bonds. The molecule has 1 aromatic heterocycles. The Labute approximate surface area is 119 Å². The van der Waals surface area contributed by atoms with E-state index in [0.29, 0.717) is 6.10 Å². The van der Waals surface area contributed by atoms with Gasteiger partial charge in [0.2, 0.25) is 5.76 Å². The van der Waals surface area contributed by atoms with Crippen molar-refractivity contribution < 1.29 is 18.7 Å². The molecule has 0 bridgehead atoms. The van der Waals surface area contributed by atoms with Gasteiger partial charge in [0.25, 0.3) is 0 Å². The van der Waals surface area contributed by atoms with E-state index >= 15 is 0 Å². The molecule has 0 aromatic carbocycles. The van der Waals surface area contributed by atoms with Crippen molar-refractivity contribution in [2.45, 2.75) is 38.8 Å². The third kappa shape index (κ3) is 3.41. The third-order valence-corrected chi connectivity index (χ3v) is 3.75. The summed E-state index contributed by atoms with van der Waals surface area (Å²) in [4.78, 5) is 13.8. The second kappa shape index (κ2) is 6.90. The van der Waals surface area contributed by atoms with Gasteiger partial charge in [0.15, 0.2) is 0 Å². The van der Waals surface area contributed by atoms with Gasteiger partial charge in [-0.05, 0) is 25.5 Å². The molecule has 1 saturated heterocycles. The molecule has 0 unspecified atom stereocenters. The summed E-state index contributed by atoms with van der Waals surface area (Å²) in [6.07, 6.45) is 2.50. The molecule has 1 aliphatic rings. The van der Waals surface area contributed by atoms with Gasteiger partial charge in [0, 0.05) is 13.1 Å². The maximum absolute atomic E-state index is 11.4. The summed E-state index contributed by atoms with van der Waals surface area (Å²) in [5.41, 5.74) is 0. The third-order valence-electron chi connectivity index (χ3n) is 3.75. The van der Waals surface area contributed by atoms with Gasteiger partial charge in [-0.1, -0.05) is 13.3 Å². The predicted molar refractivity (Wildman–Crippen MR) is 74.7 cm³/mol. The van der Waals surface area contributed by atoms with Gasteiger partial charge in [0.05, 0.1) is 25.9 Å². The van der Waals surface area contributed by atoms with E-state index in [9.17, 15) is 4.79 Å². The first-order valence-electron chi connectivity index (χ1n) is 7.19. The normalized spacial score (nSPS) is 21.6. The lowest BCUT2D eigenvalue weighted by Gasteiger charge is -2.36. The van der Waals surface area contributed by atoms with Crippen molar-refractivity contribution in [1.82, 2.24) is 4.90 Å². The number of furan rings is 1. The number of methoxy groups -OCH3 is 1. The fourth-order valence-electron chi connectivity index (χ4n) is 2.56. The zero-order valence-electron chi connectivity index (χ0n) is 12.4. The van der Waals surface area contributed by atoms with Crippen LogP contribution in [0.15, 0.2) is 16.5 Å². The number of carbonyl (C=O) groups is 1. The molecule has 1 fully saturated rings. The number of rotatable bonds is 5. The highest BCUT2D eigenvalue weighted by Gasteiger charge is 2.26. The number of esters is 1. The molecule has 5 nitrogen and oxygen atoms in total. The van der Waals surface area contributed by atoms with Crippen LogP contribution in [0.25, 0.3) is 0 Å². The van der Waals surface area contributed by atoms with Crippen molar-refractivity contribution in [3.05, 3.63) is 23.7 Å². The average molecular weight is 281 g/mol. The predicted octanol–water partition coefficient (Wildman–Crippen LogP) is 2.63. The fraction of sp³-hybridized carbons (Fsp3) is 0.667. The van der Waals surface area contributed by atoms with Crippen LogP contribution in [-0.2, 0) is 9.47 Å². The molecule has 0 N–H and O–H groups in total. The number of morpholine rings is 1. The highest BCUT2D eigenvalue weighted by Crippen LogP contribution is 2.25. The molecule has 0 spiro atoms.